The fourth-order valence-corrected chi connectivity index (χ4v) is 4.24. The average Bonchev–Trinajstić information content (AvgIpc) is 2.79. The van der Waals surface area contributed by atoms with Crippen LogP contribution in [0, 0.1) is 5.92 Å². The molecule has 1 atom stereocenters. The van der Waals surface area contributed by atoms with E-state index < -0.39 is 5.54 Å². The van der Waals surface area contributed by atoms with Crippen LogP contribution in [0.15, 0.2) is 53.0 Å². The minimum atomic E-state index is -0.907. The second-order valence-corrected chi connectivity index (χ2v) is 9.31. The van der Waals surface area contributed by atoms with E-state index in [-0.39, 0.29) is 11.8 Å². The number of nitrogens with one attached hydrogen (secondary N) is 1. The maximum absolute atomic E-state index is 13.6. The van der Waals surface area contributed by atoms with E-state index in [0.717, 1.165) is 22.0 Å². The summed E-state index contributed by atoms with van der Waals surface area (Å²) in [6.45, 7) is 7.19. The molecule has 4 nitrogen and oxygen atoms in total. The zero-order valence-corrected chi connectivity index (χ0v) is 19.0. The molecule has 2 aromatic rings. The van der Waals surface area contributed by atoms with Gasteiger partial charge in [-0.1, -0.05) is 60.1 Å². The Bertz CT molecular complexity index is 896. The molecule has 1 aliphatic heterocycles. The van der Waals surface area contributed by atoms with Crippen LogP contribution in [-0.2, 0) is 17.8 Å². The molecule has 1 aliphatic rings. The van der Waals surface area contributed by atoms with Gasteiger partial charge in [-0.3, -0.25) is 9.59 Å². The fraction of sp³-hybridized carbons (Fsp3) is 0.417. The maximum Gasteiger partial charge on any atom is 0.255 e. The summed E-state index contributed by atoms with van der Waals surface area (Å²) in [7, 11) is 0. The normalized spacial score (nSPS) is 19.1. The van der Waals surface area contributed by atoms with Crippen molar-refractivity contribution >= 4 is 27.7 Å². The van der Waals surface area contributed by atoms with E-state index in [9.17, 15) is 9.59 Å². The van der Waals surface area contributed by atoms with Crippen molar-refractivity contribution in [3.8, 4) is 0 Å². The molecule has 154 valence electrons. The number of hydrogen-bond acceptors (Lipinski definition) is 2. The van der Waals surface area contributed by atoms with Crippen molar-refractivity contribution in [1.82, 2.24) is 10.2 Å². The van der Waals surface area contributed by atoms with Gasteiger partial charge in [0.15, 0.2) is 0 Å². The van der Waals surface area contributed by atoms with Crippen LogP contribution in [0.2, 0.25) is 0 Å². The molecule has 1 heterocycles. The highest BCUT2D eigenvalue weighted by Gasteiger charge is 2.44. The predicted octanol–water partition coefficient (Wildman–Crippen LogP) is 4.96. The summed E-state index contributed by atoms with van der Waals surface area (Å²) in [4.78, 5) is 28.6. The summed E-state index contributed by atoms with van der Waals surface area (Å²) >= 11 is 3.51. The molecule has 0 unspecified atom stereocenters. The highest BCUT2D eigenvalue weighted by atomic mass is 79.9. The Hall–Kier alpha value is -2.14. The molecule has 5 heteroatoms. The van der Waals surface area contributed by atoms with Gasteiger partial charge in [-0.05, 0) is 61.4 Å². The molecule has 0 radical (unpaired) electrons. The van der Waals surface area contributed by atoms with Crippen molar-refractivity contribution < 1.29 is 9.59 Å². The molecule has 2 amide bonds. The van der Waals surface area contributed by atoms with Gasteiger partial charge in [0.05, 0.1) is 0 Å². The number of hydrogen-bond donors (Lipinski definition) is 1. The van der Waals surface area contributed by atoms with E-state index in [1.165, 1.54) is 0 Å². The van der Waals surface area contributed by atoms with E-state index in [4.69, 9.17) is 0 Å². The first-order chi connectivity index (χ1) is 13.8. The molecule has 3 rings (SSSR count). The lowest BCUT2D eigenvalue weighted by atomic mass is 9.91. The van der Waals surface area contributed by atoms with E-state index >= 15 is 0 Å². The number of rotatable bonds is 6. The third-order valence-corrected chi connectivity index (χ3v) is 6.19. The Labute approximate surface area is 181 Å². The monoisotopic (exact) mass is 456 g/mol. The molecular formula is C24H29BrN2O2. The van der Waals surface area contributed by atoms with Crippen LogP contribution in [0.25, 0.3) is 0 Å². The molecule has 0 spiro atoms. The Morgan fingerprint density at radius 1 is 1.21 bits per heavy atom. The van der Waals surface area contributed by atoms with Gasteiger partial charge >= 0.3 is 0 Å². The van der Waals surface area contributed by atoms with Crippen molar-refractivity contribution in [2.24, 2.45) is 5.92 Å². The summed E-state index contributed by atoms with van der Waals surface area (Å²) in [5.41, 5.74) is 1.79. The van der Waals surface area contributed by atoms with Crippen molar-refractivity contribution in [1.29, 1.82) is 0 Å². The number of amides is 2. The Morgan fingerprint density at radius 2 is 1.97 bits per heavy atom. The second-order valence-electron chi connectivity index (χ2n) is 8.39. The van der Waals surface area contributed by atoms with Gasteiger partial charge in [-0.25, -0.2) is 0 Å². The average molecular weight is 457 g/mol. The maximum atomic E-state index is 13.6. The molecule has 0 bridgehead atoms. The largest absolute Gasteiger partial charge is 0.354 e. The lowest BCUT2D eigenvalue weighted by Gasteiger charge is -2.39. The number of carbonyl (C=O) groups excluding carboxylic acids is 2. The minimum absolute atomic E-state index is 0.0747. The fourth-order valence-electron chi connectivity index (χ4n) is 3.79. The number of halogens is 1. The van der Waals surface area contributed by atoms with Crippen molar-refractivity contribution in [2.75, 3.05) is 6.54 Å². The van der Waals surface area contributed by atoms with Crippen LogP contribution in [0.1, 0.15) is 55.1 Å². The number of fused-ring (bicyclic) bond motifs is 1. The third kappa shape index (κ3) is 4.89. The third-order valence-electron chi connectivity index (χ3n) is 5.70. The van der Waals surface area contributed by atoms with Gasteiger partial charge in [-0.2, -0.15) is 0 Å². The summed E-state index contributed by atoms with van der Waals surface area (Å²) in [5, 5.41) is 3.08. The molecule has 29 heavy (non-hydrogen) atoms. The van der Waals surface area contributed by atoms with Crippen molar-refractivity contribution in [2.45, 2.75) is 52.1 Å². The quantitative estimate of drug-likeness (QED) is 0.667. The van der Waals surface area contributed by atoms with Gasteiger partial charge in [-0.15, -0.1) is 0 Å². The molecule has 0 aromatic heterocycles. The molecule has 0 saturated carbocycles. The summed E-state index contributed by atoms with van der Waals surface area (Å²) in [6.07, 6.45) is 2.21. The molecule has 0 aliphatic carbocycles. The van der Waals surface area contributed by atoms with E-state index in [0.29, 0.717) is 37.4 Å². The van der Waals surface area contributed by atoms with Crippen LogP contribution in [-0.4, -0.2) is 28.8 Å². The van der Waals surface area contributed by atoms with Crippen LogP contribution in [0.5, 0.6) is 0 Å². The number of aryl methyl sites for hydroxylation is 1. The van der Waals surface area contributed by atoms with Gasteiger partial charge in [0.2, 0.25) is 5.91 Å². The standard InChI is InChI=1S/C24H29BrN2O2/c1-17(2)12-14-26-23(29)24(3)13-11-19-8-4-5-10-21(19)22(28)27(24)16-18-7-6-9-20(25)15-18/h4-10,15,17H,11-14,16H2,1-3H3,(H,26,29)/t24-/m0/s1. The topological polar surface area (TPSA) is 49.4 Å². The van der Waals surface area contributed by atoms with Crippen molar-refractivity contribution in [3.05, 3.63) is 69.7 Å². The number of carbonyl (C=O) groups is 2. The first-order valence-electron chi connectivity index (χ1n) is 10.2. The molecule has 0 fully saturated rings. The second kappa shape index (κ2) is 9.12. The molecule has 2 aromatic carbocycles. The van der Waals surface area contributed by atoms with Crippen LogP contribution in [0.3, 0.4) is 0 Å². The minimum Gasteiger partial charge on any atom is -0.354 e. The van der Waals surface area contributed by atoms with E-state index in [1.54, 1.807) is 4.90 Å². The van der Waals surface area contributed by atoms with Gasteiger partial charge < -0.3 is 10.2 Å². The SMILES string of the molecule is CC(C)CCNC(=O)[C@]1(C)CCc2ccccc2C(=O)N1Cc1cccc(Br)c1. The van der Waals surface area contributed by atoms with Gasteiger partial charge in [0.25, 0.3) is 5.91 Å². The lowest BCUT2D eigenvalue weighted by molar-refractivity contribution is -0.132. The first-order valence-corrected chi connectivity index (χ1v) is 11.0. The summed E-state index contributed by atoms with van der Waals surface area (Å²) in [6, 6.07) is 15.6. The van der Waals surface area contributed by atoms with Crippen LogP contribution >= 0.6 is 15.9 Å². The number of benzene rings is 2. The Morgan fingerprint density at radius 3 is 2.69 bits per heavy atom. The van der Waals surface area contributed by atoms with Crippen LogP contribution < -0.4 is 5.32 Å². The highest BCUT2D eigenvalue weighted by molar-refractivity contribution is 9.10. The Balaban J connectivity index is 1.95. The molecule has 0 saturated heterocycles. The van der Waals surface area contributed by atoms with Crippen LogP contribution in [0.4, 0.5) is 0 Å². The summed E-state index contributed by atoms with van der Waals surface area (Å²) < 4.78 is 0.959. The first kappa shape index (κ1) is 21.6. The van der Waals surface area contributed by atoms with Gasteiger partial charge in [0.1, 0.15) is 5.54 Å². The molecule has 1 N–H and O–H groups in total. The summed E-state index contributed by atoms with van der Waals surface area (Å²) in [5.74, 6) is 0.356. The zero-order chi connectivity index (χ0) is 21.0. The van der Waals surface area contributed by atoms with E-state index in [1.807, 2.05) is 55.5 Å². The van der Waals surface area contributed by atoms with Gasteiger partial charge in [0, 0.05) is 23.1 Å². The highest BCUT2D eigenvalue weighted by Crippen LogP contribution is 2.32. The zero-order valence-electron chi connectivity index (χ0n) is 17.4. The Kier molecular flexibility index (Phi) is 6.78. The predicted molar refractivity (Wildman–Crippen MR) is 120 cm³/mol. The number of nitrogens with zero attached hydrogens (tertiary/aromatic N) is 1. The smallest absolute Gasteiger partial charge is 0.255 e. The van der Waals surface area contributed by atoms with Crippen molar-refractivity contribution in [3.63, 3.8) is 0 Å². The lowest BCUT2D eigenvalue weighted by Crippen LogP contribution is -2.58. The van der Waals surface area contributed by atoms with E-state index in [2.05, 4.69) is 35.1 Å². The molecular weight excluding hydrogens is 428 g/mol.